The Morgan fingerprint density at radius 2 is 2.33 bits per heavy atom. The Bertz CT molecular complexity index is 143. The monoisotopic (exact) mass is 193 g/mol. The van der Waals surface area contributed by atoms with E-state index in [2.05, 4.69) is 0 Å². The predicted molar refractivity (Wildman–Crippen MR) is 49.4 cm³/mol. The lowest BCUT2D eigenvalue weighted by Gasteiger charge is -2.14. The van der Waals surface area contributed by atoms with Gasteiger partial charge in [-0.05, 0) is 0 Å². The zero-order valence-electron chi connectivity index (χ0n) is 7.32. The third kappa shape index (κ3) is 4.58. The van der Waals surface area contributed by atoms with Crippen LogP contribution in [0.2, 0.25) is 0 Å². The van der Waals surface area contributed by atoms with Crippen LogP contribution < -0.4 is 5.73 Å². The van der Waals surface area contributed by atoms with Crippen LogP contribution in [0.4, 0.5) is 0 Å². The highest BCUT2D eigenvalue weighted by Gasteiger charge is 2.19. The summed E-state index contributed by atoms with van der Waals surface area (Å²) in [6.45, 7) is 2.61. The lowest BCUT2D eigenvalue weighted by Crippen LogP contribution is -2.26. The van der Waals surface area contributed by atoms with Crippen molar-refractivity contribution >= 4 is 17.7 Å². The molecule has 0 rings (SSSR count). The van der Waals surface area contributed by atoms with Crippen LogP contribution in [-0.2, 0) is 9.53 Å². The van der Waals surface area contributed by atoms with E-state index in [9.17, 15) is 4.79 Å². The smallest absolute Gasteiger partial charge is 0.319 e. The molecule has 72 valence electrons. The average Bonchev–Trinajstić information content (AvgIpc) is 2.03. The van der Waals surface area contributed by atoms with Gasteiger partial charge in [0.15, 0.2) is 0 Å². The molecule has 0 saturated heterocycles. The lowest BCUT2D eigenvalue weighted by atomic mass is 10.4. The number of methoxy groups -OCH3 is 1. The molecule has 12 heavy (non-hydrogen) atoms. The molecule has 0 aliphatic carbocycles. The minimum Gasteiger partial charge on any atom is -0.480 e. The number of nitrogens with two attached hydrogens (primary N) is 1. The summed E-state index contributed by atoms with van der Waals surface area (Å²) >= 11 is 1.33. The molecular formula is C7H15NO3S. The summed E-state index contributed by atoms with van der Waals surface area (Å²) in [6.07, 6.45) is 0. The highest BCUT2D eigenvalue weighted by Crippen LogP contribution is 2.17. The highest BCUT2D eigenvalue weighted by atomic mass is 32.2. The van der Waals surface area contributed by atoms with Gasteiger partial charge < -0.3 is 15.6 Å². The highest BCUT2D eigenvalue weighted by molar-refractivity contribution is 8.01. The first-order valence-corrected chi connectivity index (χ1v) is 4.63. The fourth-order valence-corrected chi connectivity index (χ4v) is 1.66. The maximum absolute atomic E-state index is 10.6. The predicted octanol–water partition coefficient (Wildman–Crippen LogP) is 0.166. The summed E-state index contributed by atoms with van der Waals surface area (Å²) in [7, 11) is 1.49. The molecule has 0 amide bonds. The number of thioether (sulfide) groups is 1. The maximum Gasteiger partial charge on any atom is 0.319 e. The molecule has 0 radical (unpaired) electrons. The Balaban J connectivity index is 3.86. The van der Waals surface area contributed by atoms with Gasteiger partial charge in [0.25, 0.3) is 0 Å². The van der Waals surface area contributed by atoms with Crippen molar-refractivity contribution in [2.24, 2.45) is 5.73 Å². The maximum atomic E-state index is 10.6. The van der Waals surface area contributed by atoms with Crippen LogP contribution in [-0.4, -0.2) is 41.8 Å². The summed E-state index contributed by atoms with van der Waals surface area (Å²) in [5.41, 5.74) is 5.36. The molecule has 2 unspecified atom stereocenters. The van der Waals surface area contributed by atoms with Gasteiger partial charge in [-0.1, -0.05) is 6.92 Å². The number of hydrogen-bond acceptors (Lipinski definition) is 4. The zero-order chi connectivity index (χ0) is 9.56. The van der Waals surface area contributed by atoms with E-state index in [-0.39, 0.29) is 11.9 Å². The number of rotatable bonds is 6. The van der Waals surface area contributed by atoms with Gasteiger partial charge in [-0.3, -0.25) is 4.79 Å². The molecule has 5 heteroatoms. The summed E-state index contributed by atoms with van der Waals surface area (Å²) in [4.78, 5) is 10.6. The van der Waals surface area contributed by atoms with Crippen molar-refractivity contribution in [2.45, 2.75) is 17.4 Å². The Kier molecular flexibility index (Phi) is 6.14. The minimum absolute atomic E-state index is 0.154. The topological polar surface area (TPSA) is 72.5 Å². The zero-order valence-corrected chi connectivity index (χ0v) is 8.13. The molecule has 0 spiro atoms. The van der Waals surface area contributed by atoms with Crippen molar-refractivity contribution < 1.29 is 14.6 Å². The van der Waals surface area contributed by atoms with Crippen LogP contribution in [0.5, 0.6) is 0 Å². The Morgan fingerprint density at radius 1 is 1.75 bits per heavy atom. The summed E-state index contributed by atoms with van der Waals surface area (Å²) < 4.78 is 4.77. The molecule has 0 bridgehead atoms. The molecule has 0 saturated carbocycles. The molecule has 3 N–H and O–H groups in total. The van der Waals surface area contributed by atoms with E-state index in [0.717, 1.165) is 0 Å². The Morgan fingerprint density at radius 3 is 2.67 bits per heavy atom. The van der Waals surface area contributed by atoms with Crippen molar-refractivity contribution in [1.29, 1.82) is 0 Å². The van der Waals surface area contributed by atoms with Crippen molar-refractivity contribution in [1.82, 2.24) is 0 Å². The third-order valence-electron chi connectivity index (χ3n) is 1.32. The van der Waals surface area contributed by atoms with Gasteiger partial charge in [0.05, 0.1) is 6.61 Å². The van der Waals surface area contributed by atoms with E-state index >= 15 is 0 Å². The average molecular weight is 193 g/mol. The Labute approximate surface area is 76.5 Å². The fraction of sp³-hybridized carbons (Fsp3) is 0.857. The fourth-order valence-electron chi connectivity index (χ4n) is 0.656. The lowest BCUT2D eigenvalue weighted by molar-refractivity contribution is -0.137. The molecule has 2 atom stereocenters. The van der Waals surface area contributed by atoms with Crippen molar-refractivity contribution in [3.8, 4) is 0 Å². The number of aliphatic carboxylic acids is 1. The minimum atomic E-state index is -0.845. The Hall–Kier alpha value is -0.260. The molecule has 0 aromatic rings. The number of carboxylic acid groups (broad SMARTS) is 1. The largest absolute Gasteiger partial charge is 0.480 e. The van der Waals surface area contributed by atoms with Gasteiger partial charge in [0.2, 0.25) is 0 Å². The van der Waals surface area contributed by atoms with Crippen LogP contribution in [0.25, 0.3) is 0 Å². The van der Waals surface area contributed by atoms with Crippen LogP contribution in [0.3, 0.4) is 0 Å². The number of carboxylic acids is 1. The van der Waals surface area contributed by atoms with Gasteiger partial charge in [0, 0.05) is 18.9 Å². The first kappa shape index (κ1) is 11.7. The standard InChI is InChI=1S/C7H15NO3S/c1-5(3-8)12-6(4-11-2)7(9)10/h5-6H,3-4,8H2,1-2H3,(H,9,10). The molecule has 0 aromatic carbocycles. The van der Waals surface area contributed by atoms with E-state index < -0.39 is 11.2 Å². The van der Waals surface area contributed by atoms with E-state index in [4.69, 9.17) is 15.6 Å². The second kappa shape index (κ2) is 6.28. The molecule has 4 nitrogen and oxygen atoms in total. The molecule has 0 fully saturated rings. The second-order valence-electron chi connectivity index (χ2n) is 2.46. The number of ether oxygens (including phenoxy) is 1. The number of carbonyl (C=O) groups is 1. The van der Waals surface area contributed by atoms with E-state index in [1.807, 2.05) is 6.92 Å². The summed E-state index contributed by atoms with van der Waals surface area (Å²) in [5, 5.41) is 8.36. The second-order valence-corrected chi connectivity index (χ2v) is 4.11. The van der Waals surface area contributed by atoms with Crippen molar-refractivity contribution in [3.05, 3.63) is 0 Å². The van der Waals surface area contributed by atoms with Gasteiger partial charge in [-0.2, -0.15) is 0 Å². The van der Waals surface area contributed by atoms with Crippen LogP contribution in [0.15, 0.2) is 0 Å². The van der Waals surface area contributed by atoms with E-state index in [0.29, 0.717) is 6.54 Å². The van der Waals surface area contributed by atoms with Crippen LogP contribution >= 0.6 is 11.8 Å². The van der Waals surface area contributed by atoms with Gasteiger partial charge in [-0.15, -0.1) is 11.8 Å². The quantitative estimate of drug-likeness (QED) is 0.629. The van der Waals surface area contributed by atoms with Gasteiger partial charge >= 0.3 is 5.97 Å². The van der Waals surface area contributed by atoms with Crippen molar-refractivity contribution in [3.63, 3.8) is 0 Å². The summed E-state index contributed by atoms with van der Waals surface area (Å²) in [5.74, 6) is -0.845. The normalized spacial score (nSPS) is 15.6. The van der Waals surface area contributed by atoms with E-state index in [1.165, 1.54) is 18.9 Å². The van der Waals surface area contributed by atoms with Gasteiger partial charge in [-0.25, -0.2) is 0 Å². The molecule has 0 aliphatic rings. The van der Waals surface area contributed by atoms with Gasteiger partial charge in [0.1, 0.15) is 5.25 Å². The molecule has 0 heterocycles. The number of hydrogen-bond donors (Lipinski definition) is 2. The molecule has 0 aliphatic heterocycles. The molecule has 0 aromatic heterocycles. The van der Waals surface area contributed by atoms with Crippen LogP contribution in [0, 0.1) is 0 Å². The van der Waals surface area contributed by atoms with Crippen LogP contribution in [0.1, 0.15) is 6.92 Å². The van der Waals surface area contributed by atoms with E-state index in [1.54, 1.807) is 0 Å². The SMILES string of the molecule is COCC(SC(C)CN)C(=O)O. The first-order chi connectivity index (χ1) is 5.61. The third-order valence-corrected chi connectivity index (χ3v) is 2.65. The summed E-state index contributed by atoms with van der Waals surface area (Å²) in [6, 6.07) is 0. The molecular weight excluding hydrogens is 178 g/mol. The first-order valence-electron chi connectivity index (χ1n) is 3.69. The van der Waals surface area contributed by atoms with Crippen molar-refractivity contribution in [2.75, 3.05) is 20.3 Å².